The number of carbonyl (C=O) groups excluding carboxylic acids is 1. The minimum absolute atomic E-state index is 0.0734. The molecule has 2 aromatic rings. The fraction of sp³-hybridized carbons (Fsp3) is 0.182. The van der Waals surface area contributed by atoms with Crippen molar-refractivity contribution in [3.63, 3.8) is 0 Å². The standard InChI is InChI=1S/C11H11FN4O2S/c1-18-11-14-10(15-16-11)13-9(17)6-19-8-5-3-2-4-7(8)12/h2-5H,6H2,1H3,(H2,13,14,15,16,17). The highest BCUT2D eigenvalue weighted by molar-refractivity contribution is 8.00. The molecule has 0 aliphatic carbocycles. The summed E-state index contributed by atoms with van der Waals surface area (Å²) in [6, 6.07) is 6.41. The van der Waals surface area contributed by atoms with Gasteiger partial charge < -0.3 is 4.74 Å². The molecular formula is C11H11FN4O2S. The van der Waals surface area contributed by atoms with Crippen LogP contribution in [0.4, 0.5) is 10.3 Å². The zero-order valence-electron chi connectivity index (χ0n) is 10.0. The number of rotatable bonds is 5. The van der Waals surface area contributed by atoms with Crippen molar-refractivity contribution in [2.75, 3.05) is 18.2 Å². The average molecular weight is 282 g/mol. The zero-order valence-corrected chi connectivity index (χ0v) is 10.8. The normalized spacial score (nSPS) is 10.2. The van der Waals surface area contributed by atoms with Crippen molar-refractivity contribution in [3.8, 4) is 6.01 Å². The Morgan fingerprint density at radius 1 is 1.53 bits per heavy atom. The second-order valence-electron chi connectivity index (χ2n) is 3.44. The highest BCUT2D eigenvalue weighted by Crippen LogP contribution is 2.21. The van der Waals surface area contributed by atoms with Gasteiger partial charge in [-0.25, -0.2) is 9.49 Å². The van der Waals surface area contributed by atoms with Crippen molar-refractivity contribution in [1.82, 2.24) is 15.2 Å². The number of nitrogens with zero attached hydrogens (tertiary/aromatic N) is 2. The number of benzene rings is 1. The molecule has 0 saturated heterocycles. The first-order valence-electron chi connectivity index (χ1n) is 5.32. The summed E-state index contributed by atoms with van der Waals surface area (Å²) in [6.07, 6.45) is 0. The molecule has 0 fully saturated rings. The van der Waals surface area contributed by atoms with Gasteiger partial charge in [0.05, 0.1) is 12.9 Å². The summed E-state index contributed by atoms with van der Waals surface area (Å²) in [5, 5.41) is 8.67. The Balaban J connectivity index is 1.86. The monoisotopic (exact) mass is 282 g/mol. The van der Waals surface area contributed by atoms with Gasteiger partial charge in [-0.15, -0.1) is 16.9 Å². The van der Waals surface area contributed by atoms with Gasteiger partial charge in [-0.05, 0) is 12.1 Å². The maximum atomic E-state index is 13.3. The van der Waals surface area contributed by atoms with E-state index in [4.69, 9.17) is 4.74 Å². The van der Waals surface area contributed by atoms with Gasteiger partial charge in [0, 0.05) is 4.90 Å². The van der Waals surface area contributed by atoms with E-state index in [2.05, 4.69) is 20.5 Å². The molecular weight excluding hydrogens is 271 g/mol. The largest absolute Gasteiger partial charge is 0.466 e. The highest BCUT2D eigenvalue weighted by Gasteiger charge is 2.09. The minimum atomic E-state index is -0.346. The number of H-pyrrole nitrogens is 1. The van der Waals surface area contributed by atoms with E-state index >= 15 is 0 Å². The smallest absolute Gasteiger partial charge is 0.336 e. The number of hydrogen-bond acceptors (Lipinski definition) is 5. The Kier molecular flexibility index (Phi) is 4.35. The maximum Gasteiger partial charge on any atom is 0.336 e. The molecule has 0 spiro atoms. The summed E-state index contributed by atoms with van der Waals surface area (Å²) in [5.74, 6) is -0.395. The van der Waals surface area contributed by atoms with Gasteiger partial charge in [0.1, 0.15) is 5.82 Å². The summed E-state index contributed by atoms with van der Waals surface area (Å²) in [7, 11) is 1.42. The fourth-order valence-corrected chi connectivity index (χ4v) is 2.01. The molecule has 2 rings (SSSR count). The lowest BCUT2D eigenvalue weighted by molar-refractivity contribution is -0.113. The van der Waals surface area contributed by atoms with Crippen LogP contribution in [0.25, 0.3) is 0 Å². The molecule has 0 saturated carbocycles. The number of carbonyl (C=O) groups is 1. The van der Waals surface area contributed by atoms with Crippen molar-refractivity contribution in [3.05, 3.63) is 30.1 Å². The van der Waals surface area contributed by atoms with Crippen LogP contribution in [-0.2, 0) is 4.79 Å². The quantitative estimate of drug-likeness (QED) is 0.816. The van der Waals surface area contributed by atoms with Gasteiger partial charge >= 0.3 is 6.01 Å². The molecule has 0 radical (unpaired) electrons. The van der Waals surface area contributed by atoms with E-state index in [1.807, 2.05) is 0 Å². The van der Waals surface area contributed by atoms with Crippen LogP contribution in [0.15, 0.2) is 29.2 Å². The van der Waals surface area contributed by atoms with Crippen LogP contribution in [0.2, 0.25) is 0 Å². The van der Waals surface area contributed by atoms with Crippen LogP contribution < -0.4 is 10.1 Å². The third kappa shape index (κ3) is 3.68. The second kappa shape index (κ2) is 6.19. The van der Waals surface area contributed by atoms with Gasteiger partial charge in [0.2, 0.25) is 11.9 Å². The van der Waals surface area contributed by atoms with Crippen molar-refractivity contribution in [1.29, 1.82) is 0 Å². The molecule has 0 aliphatic rings. The van der Waals surface area contributed by atoms with Crippen LogP contribution in [0.5, 0.6) is 6.01 Å². The molecule has 0 atom stereocenters. The summed E-state index contributed by atoms with van der Waals surface area (Å²) >= 11 is 1.11. The number of aromatic amines is 1. The van der Waals surface area contributed by atoms with Crippen LogP contribution in [0.1, 0.15) is 0 Å². The molecule has 1 aromatic carbocycles. The Morgan fingerprint density at radius 2 is 2.32 bits per heavy atom. The predicted molar refractivity (Wildman–Crippen MR) is 68.7 cm³/mol. The molecule has 0 unspecified atom stereocenters. The Hall–Kier alpha value is -2.09. The minimum Gasteiger partial charge on any atom is -0.466 e. The Morgan fingerprint density at radius 3 is 3.00 bits per heavy atom. The van der Waals surface area contributed by atoms with Crippen molar-refractivity contribution < 1.29 is 13.9 Å². The number of nitrogens with one attached hydrogen (secondary N) is 2. The number of aromatic nitrogens is 3. The number of methoxy groups -OCH3 is 1. The lowest BCUT2D eigenvalue weighted by Crippen LogP contribution is -2.15. The first kappa shape index (κ1) is 13.3. The molecule has 6 nitrogen and oxygen atoms in total. The van der Waals surface area contributed by atoms with Gasteiger partial charge in [-0.3, -0.25) is 10.1 Å². The van der Waals surface area contributed by atoms with Gasteiger partial charge in [0.15, 0.2) is 0 Å². The third-order valence-electron chi connectivity index (χ3n) is 2.10. The molecule has 1 heterocycles. The van der Waals surface area contributed by atoms with Gasteiger partial charge in [-0.2, -0.15) is 4.98 Å². The van der Waals surface area contributed by atoms with E-state index in [0.717, 1.165) is 11.8 Å². The van der Waals surface area contributed by atoms with Crippen LogP contribution in [0.3, 0.4) is 0 Å². The second-order valence-corrected chi connectivity index (χ2v) is 4.46. The van der Waals surface area contributed by atoms with Gasteiger partial charge in [-0.1, -0.05) is 12.1 Å². The van der Waals surface area contributed by atoms with E-state index in [-0.39, 0.29) is 29.4 Å². The highest BCUT2D eigenvalue weighted by atomic mass is 32.2. The van der Waals surface area contributed by atoms with Crippen molar-refractivity contribution >= 4 is 23.6 Å². The van der Waals surface area contributed by atoms with Crippen LogP contribution in [-0.4, -0.2) is 34.0 Å². The molecule has 1 aromatic heterocycles. The summed E-state index contributed by atoms with van der Waals surface area (Å²) < 4.78 is 18.1. The van der Waals surface area contributed by atoms with Gasteiger partial charge in [0.25, 0.3) is 0 Å². The van der Waals surface area contributed by atoms with E-state index < -0.39 is 0 Å². The molecule has 1 amide bonds. The third-order valence-corrected chi connectivity index (χ3v) is 3.15. The average Bonchev–Trinajstić information content (AvgIpc) is 2.85. The number of thioether (sulfide) groups is 1. The van der Waals surface area contributed by atoms with E-state index in [0.29, 0.717) is 4.90 Å². The van der Waals surface area contributed by atoms with Crippen LogP contribution in [0, 0.1) is 5.82 Å². The fourth-order valence-electron chi connectivity index (χ4n) is 1.27. The SMILES string of the molecule is COc1n[nH]c(NC(=O)CSc2ccccc2F)n1. The van der Waals surface area contributed by atoms with Crippen molar-refractivity contribution in [2.45, 2.75) is 4.90 Å². The summed E-state index contributed by atoms with van der Waals surface area (Å²) in [4.78, 5) is 15.9. The number of ether oxygens (including phenoxy) is 1. The number of anilines is 1. The lowest BCUT2D eigenvalue weighted by atomic mass is 10.3. The molecule has 19 heavy (non-hydrogen) atoms. The molecule has 0 aliphatic heterocycles. The van der Waals surface area contributed by atoms with E-state index in [1.165, 1.54) is 13.2 Å². The molecule has 8 heteroatoms. The summed E-state index contributed by atoms with van der Waals surface area (Å²) in [6.45, 7) is 0. The Labute approximate surface area is 112 Å². The number of amides is 1. The Bertz CT molecular complexity index is 575. The topological polar surface area (TPSA) is 79.9 Å². The van der Waals surface area contributed by atoms with E-state index in [1.54, 1.807) is 18.2 Å². The van der Waals surface area contributed by atoms with Crippen LogP contribution >= 0.6 is 11.8 Å². The molecule has 0 bridgehead atoms. The molecule has 2 N–H and O–H groups in total. The van der Waals surface area contributed by atoms with Crippen molar-refractivity contribution in [2.24, 2.45) is 0 Å². The number of halogens is 1. The van der Waals surface area contributed by atoms with E-state index in [9.17, 15) is 9.18 Å². The number of hydrogen-bond donors (Lipinski definition) is 2. The lowest BCUT2D eigenvalue weighted by Gasteiger charge is -2.02. The summed E-state index contributed by atoms with van der Waals surface area (Å²) in [5.41, 5.74) is 0. The first-order chi connectivity index (χ1) is 9.19. The molecule has 100 valence electrons. The maximum absolute atomic E-state index is 13.3. The predicted octanol–water partition coefficient (Wildman–Crippen LogP) is 1.68. The zero-order chi connectivity index (χ0) is 13.7. The first-order valence-corrected chi connectivity index (χ1v) is 6.31.